The zero-order chi connectivity index (χ0) is 18.1. The maximum Gasteiger partial charge on any atom is 0.321 e. The van der Waals surface area contributed by atoms with Crippen LogP contribution in [0, 0.1) is 12.8 Å². The van der Waals surface area contributed by atoms with Crippen molar-refractivity contribution in [2.24, 2.45) is 5.92 Å². The second-order valence-electron chi connectivity index (χ2n) is 7.08. The summed E-state index contributed by atoms with van der Waals surface area (Å²) in [6.07, 6.45) is 1.79. The van der Waals surface area contributed by atoms with Gasteiger partial charge in [0.05, 0.1) is 23.7 Å². The molecule has 7 heteroatoms. The first-order valence-electron chi connectivity index (χ1n) is 8.90. The van der Waals surface area contributed by atoms with Crippen LogP contribution in [-0.4, -0.2) is 45.9 Å². The van der Waals surface area contributed by atoms with E-state index >= 15 is 0 Å². The molecule has 3 aliphatic heterocycles. The number of carbonyl (C=O) groups excluding carboxylic acids is 2. The number of aryl methyl sites for hydroxylation is 1. The minimum Gasteiger partial charge on any atom is -0.332 e. The van der Waals surface area contributed by atoms with Crippen LogP contribution in [-0.2, 0) is 11.3 Å². The third-order valence-corrected chi connectivity index (χ3v) is 5.83. The number of nitrogens with zero attached hydrogens (tertiary/aromatic N) is 3. The smallest absolute Gasteiger partial charge is 0.321 e. The normalized spacial score (nSPS) is 22.4. The first kappa shape index (κ1) is 17.0. The molecule has 3 saturated heterocycles. The zero-order valence-electron chi connectivity index (χ0n) is 14.7. The summed E-state index contributed by atoms with van der Waals surface area (Å²) in [5.74, 6) is 0.0380. The van der Waals surface area contributed by atoms with Gasteiger partial charge in [-0.05, 0) is 31.9 Å². The van der Waals surface area contributed by atoms with E-state index in [4.69, 9.17) is 0 Å². The Morgan fingerprint density at radius 2 is 2.08 bits per heavy atom. The molecule has 2 bridgehead atoms. The predicted molar refractivity (Wildman–Crippen MR) is 101 cm³/mol. The van der Waals surface area contributed by atoms with E-state index in [1.807, 2.05) is 41.5 Å². The molecule has 0 saturated carbocycles. The maximum atomic E-state index is 12.8. The number of hydrogen-bond acceptors (Lipinski definition) is 4. The summed E-state index contributed by atoms with van der Waals surface area (Å²) in [6, 6.07) is 7.68. The summed E-state index contributed by atoms with van der Waals surface area (Å²) < 4.78 is 0. The molecule has 3 fully saturated rings. The number of thiazole rings is 1. The fourth-order valence-corrected chi connectivity index (χ4v) is 4.29. The monoisotopic (exact) mass is 370 g/mol. The Labute approximate surface area is 156 Å². The SMILES string of the molecule is Cc1ccc(NC(=O)N2C[C@@H]3CC[C@H](C2)N(Cc2cscn2)C3=O)cc1. The highest BCUT2D eigenvalue weighted by atomic mass is 32.1. The van der Waals surface area contributed by atoms with Crippen LogP contribution in [0.25, 0.3) is 0 Å². The number of nitrogens with one attached hydrogen (secondary N) is 1. The van der Waals surface area contributed by atoms with Crippen molar-refractivity contribution in [1.82, 2.24) is 14.8 Å². The molecule has 0 spiro atoms. The van der Waals surface area contributed by atoms with Gasteiger partial charge >= 0.3 is 6.03 Å². The molecule has 3 amide bonds. The van der Waals surface area contributed by atoms with E-state index < -0.39 is 0 Å². The Kier molecular flexibility index (Phi) is 4.63. The lowest BCUT2D eigenvalue weighted by atomic mass is 9.94. The highest BCUT2D eigenvalue weighted by Crippen LogP contribution is 2.30. The van der Waals surface area contributed by atoms with Crippen LogP contribution < -0.4 is 5.32 Å². The number of benzene rings is 1. The van der Waals surface area contributed by atoms with E-state index in [1.165, 1.54) is 11.3 Å². The maximum absolute atomic E-state index is 12.8. The van der Waals surface area contributed by atoms with Crippen LogP contribution in [0.3, 0.4) is 0 Å². The summed E-state index contributed by atoms with van der Waals surface area (Å²) in [5, 5.41) is 4.94. The second-order valence-corrected chi connectivity index (χ2v) is 7.79. The predicted octanol–water partition coefficient (Wildman–Crippen LogP) is 3.11. The Morgan fingerprint density at radius 1 is 1.27 bits per heavy atom. The molecule has 4 heterocycles. The minimum atomic E-state index is -0.130. The molecule has 26 heavy (non-hydrogen) atoms. The Balaban J connectivity index is 1.47. The highest BCUT2D eigenvalue weighted by molar-refractivity contribution is 7.07. The molecule has 5 rings (SSSR count). The molecule has 1 aromatic heterocycles. The molecule has 2 atom stereocenters. The number of urea groups is 1. The van der Waals surface area contributed by atoms with E-state index in [0.29, 0.717) is 19.6 Å². The third-order valence-electron chi connectivity index (χ3n) is 5.20. The number of aromatic nitrogens is 1. The topological polar surface area (TPSA) is 65.5 Å². The average molecular weight is 370 g/mol. The van der Waals surface area contributed by atoms with E-state index in [9.17, 15) is 9.59 Å². The van der Waals surface area contributed by atoms with Crippen molar-refractivity contribution in [1.29, 1.82) is 0 Å². The summed E-state index contributed by atoms with van der Waals surface area (Å²) in [6.45, 7) is 3.61. The number of anilines is 1. The lowest BCUT2D eigenvalue weighted by Gasteiger charge is -2.35. The van der Waals surface area contributed by atoms with Gasteiger partial charge in [0.15, 0.2) is 0 Å². The molecule has 2 aromatic rings. The first-order chi connectivity index (χ1) is 12.6. The van der Waals surface area contributed by atoms with Crippen molar-refractivity contribution < 1.29 is 9.59 Å². The second kappa shape index (κ2) is 7.07. The number of fused-ring (bicyclic) bond motifs is 4. The minimum absolute atomic E-state index is 0.0618. The van der Waals surface area contributed by atoms with Crippen LogP contribution in [0.4, 0.5) is 10.5 Å². The summed E-state index contributed by atoms with van der Waals surface area (Å²) in [7, 11) is 0. The third kappa shape index (κ3) is 3.44. The highest BCUT2D eigenvalue weighted by Gasteiger charge is 2.42. The average Bonchev–Trinajstić information content (AvgIpc) is 2.99. The van der Waals surface area contributed by atoms with Gasteiger partial charge in [-0.2, -0.15) is 0 Å². The lowest BCUT2D eigenvalue weighted by Crippen LogP contribution is -2.47. The molecule has 1 N–H and O–H groups in total. The van der Waals surface area contributed by atoms with Gasteiger partial charge < -0.3 is 15.1 Å². The Hall–Kier alpha value is -2.41. The van der Waals surface area contributed by atoms with E-state index in [2.05, 4.69) is 10.3 Å². The Morgan fingerprint density at radius 3 is 2.81 bits per heavy atom. The number of amides is 3. The van der Waals surface area contributed by atoms with Crippen molar-refractivity contribution in [3.8, 4) is 0 Å². The van der Waals surface area contributed by atoms with Gasteiger partial charge in [-0.3, -0.25) is 4.79 Å². The van der Waals surface area contributed by atoms with Crippen LogP contribution in [0.1, 0.15) is 24.1 Å². The fraction of sp³-hybridized carbons (Fsp3) is 0.421. The van der Waals surface area contributed by atoms with E-state index in [-0.39, 0.29) is 23.9 Å². The quantitative estimate of drug-likeness (QED) is 0.903. The summed E-state index contributed by atoms with van der Waals surface area (Å²) >= 11 is 1.54. The van der Waals surface area contributed by atoms with Gasteiger partial charge in [0.2, 0.25) is 5.91 Å². The molecular formula is C19H22N4O2S. The standard InChI is InChI=1S/C19H22N4O2S/c1-13-2-5-15(6-3-13)21-19(25)22-8-14-4-7-17(10-22)23(18(14)24)9-16-11-26-12-20-16/h2-3,5-6,11-12,14,17H,4,7-10H2,1H3,(H,21,25)/t14-,17+/m0/s1. The van der Waals surface area contributed by atoms with Crippen molar-refractivity contribution in [2.75, 3.05) is 18.4 Å². The van der Waals surface area contributed by atoms with Crippen molar-refractivity contribution in [3.05, 3.63) is 46.4 Å². The lowest BCUT2D eigenvalue weighted by molar-refractivity contribution is -0.140. The van der Waals surface area contributed by atoms with Gasteiger partial charge in [-0.15, -0.1) is 11.3 Å². The number of piperidine rings is 1. The summed E-state index contributed by atoms with van der Waals surface area (Å²) in [5.41, 5.74) is 4.64. The van der Waals surface area contributed by atoms with Gasteiger partial charge in [0.1, 0.15) is 0 Å². The van der Waals surface area contributed by atoms with Crippen LogP contribution in [0.15, 0.2) is 35.2 Å². The molecule has 6 nitrogen and oxygen atoms in total. The van der Waals surface area contributed by atoms with Crippen molar-refractivity contribution in [2.45, 2.75) is 32.4 Å². The molecule has 1 aromatic carbocycles. The number of carbonyl (C=O) groups is 2. The van der Waals surface area contributed by atoms with Gasteiger partial charge in [-0.25, -0.2) is 9.78 Å². The fourth-order valence-electron chi connectivity index (χ4n) is 3.74. The van der Waals surface area contributed by atoms with Gasteiger partial charge in [0, 0.05) is 30.2 Å². The number of rotatable bonds is 3. The molecular weight excluding hydrogens is 348 g/mol. The first-order valence-corrected chi connectivity index (χ1v) is 9.84. The molecule has 136 valence electrons. The van der Waals surface area contributed by atoms with Crippen LogP contribution in [0.5, 0.6) is 0 Å². The zero-order valence-corrected chi connectivity index (χ0v) is 15.5. The van der Waals surface area contributed by atoms with Crippen molar-refractivity contribution in [3.63, 3.8) is 0 Å². The molecule has 0 radical (unpaired) electrons. The van der Waals surface area contributed by atoms with Gasteiger partial charge in [0.25, 0.3) is 0 Å². The van der Waals surface area contributed by atoms with Crippen molar-refractivity contribution >= 4 is 29.0 Å². The van der Waals surface area contributed by atoms with E-state index in [0.717, 1.165) is 29.8 Å². The largest absolute Gasteiger partial charge is 0.332 e. The van der Waals surface area contributed by atoms with Crippen LogP contribution in [0.2, 0.25) is 0 Å². The van der Waals surface area contributed by atoms with E-state index in [1.54, 1.807) is 10.4 Å². The van der Waals surface area contributed by atoms with Gasteiger partial charge in [-0.1, -0.05) is 17.7 Å². The number of hydrogen-bond donors (Lipinski definition) is 1. The summed E-state index contributed by atoms with van der Waals surface area (Å²) in [4.78, 5) is 33.6. The molecule has 0 unspecified atom stereocenters. The van der Waals surface area contributed by atoms with Crippen LogP contribution >= 0.6 is 11.3 Å². The molecule has 3 aliphatic rings. The Bertz CT molecular complexity index is 790. The molecule has 0 aliphatic carbocycles.